The van der Waals surface area contributed by atoms with Crippen LogP contribution in [0.25, 0.3) is 0 Å². The SMILES string of the molecule is O=C(c1ccc(O)c(O)c1)c1ccccc1O. The summed E-state index contributed by atoms with van der Waals surface area (Å²) in [7, 11) is 0. The minimum absolute atomic E-state index is 0.120. The number of carbonyl (C=O) groups excluding carboxylic acids is 1. The first-order valence-corrected chi connectivity index (χ1v) is 4.94. The first-order valence-electron chi connectivity index (χ1n) is 4.94. The van der Waals surface area contributed by atoms with Crippen LogP contribution in [0.1, 0.15) is 15.9 Å². The van der Waals surface area contributed by atoms with Crippen molar-refractivity contribution in [1.82, 2.24) is 0 Å². The van der Waals surface area contributed by atoms with Gasteiger partial charge in [0.2, 0.25) is 0 Å². The number of ketones is 1. The Kier molecular flexibility index (Phi) is 2.70. The van der Waals surface area contributed by atoms with Crippen LogP contribution >= 0.6 is 0 Å². The third-order valence-corrected chi connectivity index (χ3v) is 2.39. The summed E-state index contributed by atoms with van der Waals surface area (Å²) in [4.78, 5) is 12.0. The number of rotatable bonds is 2. The van der Waals surface area contributed by atoms with Crippen molar-refractivity contribution in [2.75, 3.05) is 0 Å². The van der Waals surface area contributed by atoms with Crippen molar-refractivity contribution < 1.29 is 20.1 Å². The summed E-state index contributed by atoms with van der Waals surface area (Å²) in [5.41, 5.74) is 0.347. The molecule has 4 heteroatoms. The van der Waals surface area contributed by atoms with Gasteiger partial charge in [-0.3, -0.25) is 4.79 Å². The molecule has 3 N–H and O–H groups in total. The molecule has 0 heterocycles. The van der Waals surface area contributed by atoms with Crippen LogP contribution in [0, 0.1) is 0 Å². The van der Waals surface area contributed by atoms with Gasteiger partial charge in [-0.05, 0) is 30.3 Å². The largest absolute Gasteiger partial charge is 0.507 e. The number of aromatic hydroxyl groups is 3. The van der Waals surface area contributed by atoms with Gasteiger partial charge in [-0.2, -0.15) is 0 Å². The Hall–Kier alpha value is -2.49. The summed E-state index contributed by atoms with van der Waals surface area (Å²) in [6, 6.07) is 9.90. The molecule has 0 fully saturated rings. The molecule has 2 aromatic carbocycles. The molecule has 0 aliphatic rings. The van der Waals surface area contributed by atoms with E-state index in [9.17, 15) is 15.0 Å². The van der Waals surface area contributed by atoms with Gasteiger partial charge in [0.25, 0.3) is 0 Å². The minimum atomic E-state index is -0.418. The molecule has 86 valence electrons. The van der Waals surface area contributed by atoms with Crippen LogP contribution in [0.15, 0.2) is 42.5 Å². The van der Waals surface area contributed by atoms with Crippen LogP contribution in [-0.2, 0) is 0 Å². The van der Waals surface area contributed by atoms with E-state index in [4.69, 9.17) is 5.11 Å². The lowest BCUT2D eigenvalue weighted by atomic mass is 10.0. The molecule has 0 aliphatic heterocycles. The van der Waals surface area contributed by atoms with Crippen molar-refractivity contribution in [3.05, 3.63) is 53.6 Å². The number of benzene rings is 2. The van der Waals surface area contributed by atoms with Gasteiger partial charge in [0, 0.05) is 5.56 Å². The number of hydrogen-bond acceptors (Lipinski definition) is 4. The lowest BCUT2D eigenvalue weighted by Crippen LogP contribution is -2.01. The quantitative estimate of drug-likeness (QED) is 0.545. The van der Waals surface area contributed by atoms with E-state index in [0.717, 1.165) is 6.07 Å². The van der Waals surface area contributed by atoms with Crippen LogP contribution in [0.2, 0.25) is 0 Å². The van der Waals surface area contributed by atoms with Gasteiger partial charge >= 0.3 is 0 Å². The number of phenolic OH excluding ortho intramolecular Hbond substituents is 3. The molecule has 4 nitrogen and oxygen atoms in total. The Balaban J connectivity index is 2.44. The lowest BCUT2D eigenvalue weighted by Gasteiger charge is -2.04. The van der Waals surface area contributed by atoms with E-state index in [1.54, 1.807) is 12.1 Å². The van der Waals surface area contributed by atoms with E-state index in [-0.39, 0.29) is 28.4 Å². The van der Waals surface area contributed by atoms with Gasteiger partial charge in [0.05, 0.1) is 5.56 Å². The van der Waals surface area contributed by atoms with Gasteiger partial charge in [-0.25, -0.2) is 0 Å². The Morgan fingerprint density at radius 2 is 1.53 bits per heavy atom. The van der Waals surface area contributed by atoms with E-state index in [2.05, 4.69) is 0 Å². The highest BCUT2D eigenvalue weighted by molar-refractivity contribution is 6.10. The summed E-state index contributed by atoms with van der Waals surface area (Å²) in [6.07, 6.45) is 0. The van der Waals surface area contributed by atoms with E-state index in [0.29, 0.717) is 0 Å². The second-order valence-corrected chi connectivity index (χ2v) is 3.55. The standard InChI is InChI=1S/C13H10O4/c14-10-4-2-1-3-9(10)13(17)8-5-6-11(15)12(16)7-8/h1-7,14-16H. The maximum Gasteiger partial charge on any atom is 0.196 e. The highest BCUT2D eigenvalue weighted by atomic mass is 16.3. The predicted molar refractivity (Wildman–Crippen MR) is 61.3 cm³/mol. The van der Waals surface area contributed by atoms with Crippen molar-refractivity contribution >= 4 is 5.78 Å². The molecule has 2 rings (SSSR count). The monoisotopic (exact) mass is 230 g/mol. The average Bonchev–Trinajstić information content (AvgIpc) is 2.32. The fourth-order valence-corrected chi connectivity index (χ4v) is 1.49. The fourth-order valence-electron chi connectivity index (χ4n) is 1.49. The van der Waals surface area contributed by atoms with Crippen LogP contribution < -0.4 is 0 Å². The van der Waals surface area contributed by atoms with E-state index in [1.807, 2.05) is 0 Å². The smallest absolute Gasteiger partial charge is 0.196 e. The highest BCUT2D eigenvalue weighted by Gasteiger charge is 2.14. The van der Waals surface area contributed by atoms with Crippen molar-refractivity contribution in [1.29, 1.82) is 0 Å². The lowest BCUT2D eigenvalue weighted by molar-refractivity contribution is 0.103. The van der Waals surface area contributed by atoms with Gasteiger partial charge in [0.15, 0.2) is 17.3 Å². The molecular weight excluding hydrogens is 220 g/mol. The molecule has 0 aliphatic carbocycles. The first-order chi connectivity index (χ1) is 8.09. The number of phenols is 3. The maximum absolute atomic E-state index is 12.0. The Labute approximate surface area is 97.4 Å². The zero-order chi connectivity index (χ0) is 12.4. The molecule has 0 atom stereocenters. The molecule has 0 amide bonds. The summed E-state index contributed by atoms with van der Waals surface area (Å²) in [6.45, 7) is 0. The van der Waals surface area contributed by atoms with Crippen molar-refractivity contribution in [2.45, 2.75) is 0 Å². The molecule has 0 radical (unpaired) electrons. The zero-order valence-corrected chi connectivity index (χ0v) is 8.79. The number of carbonyl (C=O) groups is 1. The third-order valence-electron chi connectivity index (χ3n) is 2.39. The normalized spacial score (nSPS) is 10.1. The maximum atomic E-state index is 12.0. The van der Waals surface area contributed by atoms with Crippen LogP contribution in [-0.4, -0.2) is 21.1 Å². The molecule has 0 unspecified atom stereocenters. The van der Waals surface area contributed by atoms with Crippen molar-refractivity contribution in [3.8, 4) is 17.2 Å². The molecule has 0 aromatic heterocycles. The molecule has 0 saturated heterocycles. The highest BCUT2D eigenvalue weighted by Crippen LogP contribution is 2.27. The molecular formula is C13H10O4. The predicted octanol–water partition coefficient (Wildman–Crippen LogP) is 2.03. The molecule has 0 bridgehead atoms. The van der Waals surface area contributed by atoms with E-state index < -0.39 is 5.78 Å². The Morgan fingerprint density at radius 3 is 2.18 bits per heavy atom. The van der Waals surface area contributed by atoms with Gasteiger partial charge < -0.3 is 15.3 Å². The summed E-state index contributed by atoms with van der Waals surface area (Å²) < 4.78 is 0. The molecule has 17 heavy (non-hydrogen) atoms. The average molecular weight is 230 g/mol. The second kappa shape index (κ2) is 4.17. The van der Waals surface area contributed by atoms with Gasteiger partial charge in [-0.15, -0.1) is 0 Å². The zero-order valence-electron chi connectivity index (χ0n) is 8.79. The van der Waals surface area contributed by atoms with E-state index >= 15 is 0 Å². The van der Waals surface area contributed by atoms with Crippen LogP contribution in [0.5, 0.6) is 17.2 Å². The van der Waals surface area contributed by atoms with Gasteiger partial charge in [0.1, 0.15) is 5.75 Å². The fraction of sp³-hybridized carbons (Fsp3) is 0. The molecule has 0 spiro atoms. The minimum Gasteiger partial charge on any atom is -0.507 e. The Morgan fingerprint density at radius 1 is 0.824 bits per heavy atom. The van der Waals surface area contributed by atoms with Crippen molar-refractivity contribution in [3.63, 3.8) is 0 Å². The number of hydrogen-bond donors (Lipinski definition) is 3. The summed E-state index contributed by atoms with van der Waals surface area (Å²) in [5, 5.41) is 28.0. The van der Waals surface area contributed by atoms with E-state index in [1.165, 1.54) is 24.3 Å². The second-order valence-electron chi connectivity index (χ2n) is 3.55. The topological polar surface area (TPSA) is 77.8 Å². The number of para-hydroxylation sites is 1. The summed E-state index contributed by atoms with van der Waals surface area (Å²) >= 11 is 0. The Bertz CT molecular complexity index is 575. The third kappa shape index (κ3) is 2.06. The van der Waals surface area contributed by atoms with Gasteiger partial charge in [-0.1, -0.05) is 12.1 Å². The molecule has 0 saturated carbocycles. The van der Waals surface area contributed by atoms with Crippen molar-refractivity contribution in [2.24, 2.45) is 0 Å². The van der Waals surface area contributed by atoms with Crippen LogP contribution in [0.4, 0.5) is 0 Å². The first kappa shape index (κ1) is 11.0. The summed E-state index contributed by atoms with van der Waals surface area (Å²) in [5.74, 6) is -1.20. The molecule has 2 aromatic rings. The van der Waals surface area contributed by atoms with Crippen LogP contribution in [0.3, 0.4) is 0 Å².